The van der Waals surface area contributed by atoms with Crippen LogP contribution in [0.25, 0.3) is 0 Å². The van der Waals surface area contributed by atoms with Crippen LogP contribution in [0.15, 0.2) is 0 Å². The van der Waals surface area contributed by atoms with Crippen LogP contribution >= 0.6 is 12.6 Å². The number of carbonyl (C=O) groups is 3. The number of nitrogens with one attached hydrogen (secondary N) is 2. The number of carbonyl (C=O) groups excluding carboxylic acids is 3. The number of amides is 2. The first-order valence-electron chi connectivity index (χ1n) is 6.42. The highest BCUT2D eigenvalue weighted by Crippen LogP contribution is 2.03. The summed E-state index contributed by atoms with van der Waals surface area (Å²) in [6.45, 7) is 1.83. The third kappa shape index (κ3) is 7.34. The molecule has 8 heteroatoms. The monoisotopic (exact) mass is 305 g/mol. The Labute approximate surface area is 124 Å². The van der Waals surface area contributed by atoms with Crippen LogP contribution in [0.2, 0.25) is 0 Å². The number of esters is 1. The van der Waals surface area contributed by atoms with Crippen molar-refractivity contribution in [3.05, 3.63) is 0 Å². The van der Waals surface area contributed by atoms with E-state index in [9.17, 15) is 14.4 Å². The molecular formula is C12H23N3O4S. The first kappa shape index (κ1) is 18.7. The minimum atomic E-state index is -0.780. The second-order valence-electron chi connectivity index (χ2n) is 4.30. The van der Waals surface area contributed by atoms with E-state index in [1.807, 2.05) is 0 Å². The van der Waals surface area contributed by atoms with Gasteiger partial charge in [-0.2, -0.15) is 12.6 Å². The van der Waals surface area contributed by atoms with Crippen LogP contribution in [-0.2, 0) is 19.1 Å². The number of thiol groups is 1. The largest absolute Gasteiger partial charge is 0.467 e. The summed E-state index contributed by atoms with van der Waals surface area (Å²) in [5.41, 5.74) is 5.39. The molecule has 0 aromatic carbocycles. The van der Waals surface area contributed by atoms with Gasteiger partial charge in [0.25, 0.3) is 0 Å². The van der Waals surface area contributed by atoms with Gasteiger partial charge >= 0.3 is 5.97 Å². The Balaban J connectivity index is 4.56. The highest BCUT2D eigenvalue weighted by atomic mass is 32.1. The van der Waals surface area contributed by atoms with Gasteiger partial charge in [0, 0.05) is 12.7 Å². The van der Waals surface area contributed by atoms with Crippen LogP contribution in [0, 0.1) is 0 Å². The Morgan fingerprint density at radius 2 is 1.85 bits per heavy atom. The summed E-state index contributed by atoms with van der Waals surface area (Å²) in [7, 11) is 1.26. The third-order valence-electron chi connectivity index (χ3n) is 2.63. The van der Waals surface area contributed by atoms with Crippen LogP contribution in [0.1, 0.15) is 26.2 Å². The van der Waals surface area contributed by atoms with E-state index in [0.29, 0.717) is 19.4 Å². The highest BCUT2D eigenvalue weighted by Gasteiger charge is 2.25. The summed E-state index contributed by atoms with van der Waals surface area (Å²) in [5, 5.41) is 5.02. The summed E-state index contributed by atoms with van der Waals surface area (Å²) in [6.07, 6.45) is 1.89. The van der Waals surface area contributed by atoms with Crippen LogP contribution in [-0.4, -0.2) is 49.3 Å². The number of hydrogen-bond acceptors (Lipinski definition) is 6. The maximum Gasteiger partial charge on any atom is 0.328 e. The van der Waals surface area contributed by atoms with Gasteiger partial charge in [-0.05, 0) is 25.8 Å². The van der Waals surface area contributed by atoms with Gasteiger partial charge in [0.15, 0.2) is 0 Å². The molecule has 0 aromatic rings. The molecule has 0 spiro atoms. The fourth-order valence-corrected chi connectivity index (χ4v) is 1.85. The van der Waals surface area contributed by atoms with E-state index in [1.165, 1.54) is 14.0 Å². The van der Waals surface area contributed by atoms with Crippen molar-refractivity contribution in [1.29, 1.82) is 0 Å². The summed E-state index contributed by atoms with van der Waals surface area (Å²) in [6, 6.07) is -1.52. The molecular weight excluding hydrogens is 282 g/mol. The lowest BCUT2D eigenvalue weighted by Crippen LogP contribution is -2.52. The number of ether oxygens (including phenoxy) is 1. The minimum Gasteiger partial charge on any atom is -0.467 e. The van der Waals surface area contributed by atoms with E-state index in [-0.39, 0.29) is 11.7 Å². The molecule has 0 aliphatic rings. The van der Waals surface area contributed by atoms with Crippen LogP contribution in [0.5, 0.6) is 0 Å². The molecule has 116 valence electrons. The van der Waals surface area contributed by atoms with Crippen molar-refractivity contribution < 1.29 is 19.1 Å². The third-order valence-corrected chi connectivity index (χ3v) is 2.99. The average Bonchev–Trinajstić information content (AvgIpc) is 2.42. The molecule has 2 amide bonds. The molecule has 0 unspecified atom stereocenters. The average molecular weight is 305 g/mol. The molecule has 0 aliphatic heterocycles. The van der Waals surface area contributed by atoms with Gasteiger partial charge in [-0.15, -0.1) is 0 Å². The van der Waals surface area contributed by atoms with Crippen molar-refractivity contribution >= 4 is 30.4 Å². The SMILES string of the molecule is COC(=O)[C@H](CCCCN)NC(=O)[C@H](CS)NC(C)=O. The summed E-state index contributed by atoms with van der Waals surface area (Å²) in [4.78, 5) is 34.5. The Bertz CT molecular complexity index is 339. The van der Waals surface area contributed by atoms with Crippen LogP contribution in [0.4, 0.5) is 0 Å². The highest BCUT2D eigenvalue weighted by molar-refractivity contribution is 7.80. The number of hydrogen-bond donors (Lipinski definition) is 4. The van der Waals surface area contributed by atoms with E-state index in [4.69, 9.17) is 5.73 Å². The molecule has 0 aliphatic carbocycles. The molecule has 2 atom stereocenters. The fraction of sp³-hybridized carbons (Fsp3) is 0.750. The molecule has 0 aromatic heterocycles. The smallest absolute Gasteiger partial charge is 0.328 e. The molecule has 0 saturated heterocycles. The molecule has 0 saturated carbocycles. The maximum absolute atomic E-state index is 12.0. The molecule has 20 heavy (non-hydrogen) atoms. The van der Waals surface area contributed by atoms with Crippen molar-refractivity contribution in [1.82, 2.24) is 10.6 Å². The van der Waals surface area contributed by atoms with Crippen molar-refractivity contribution in [3.63, 3.8) is 0 Å². The number of nitrogens with two attached hydrogens (primary N) is 1. The van der Waals surface area contributed by atoms with Crippen LogP contribution < -0.4 is 16.4 Å². The number of rotatable bonds is 9. The molecule has 0 rings (SSSR count). The molecule has 0 fully saturated rings. The normalized spacial score (nSPS) is 13.2. The van der Waals surface area contributed by atoms with Crippen molar-refractivity contribution in [2.75, 3.05) is 19.4 Å². The van der Waals surface area contributed by atoms with Gasteiger partial charge < -0.3 is 21.1 Å². The Morgan fingerprint density at radius 1 is 1.20 bits per heavy atom. The fourth-order valence-electron chi connectivity index (χ4n) is 1.60. The minimum absolute atomic E-state index is 0.141. The van der Waals surface area contributed by atoms with Gasteiger partial charge in [-0.25, -0.2) is 4.79 Å². The summed E-state index contributed by atoms with van der Waals surface area (Å²) < 4.78 is 4.65. The van der Waals surface area contributed by atoms with E-state index in [2.05, 4.69) is 28.0 Å². The van der Waals surface area contributed by atoms with Gasteiger partial charge in [-0.3, -0.25) is 9.59 Å². The lowest BCUT2D eigenvalue weighted by Gasteiger charge is -2.20. The molecule has 0 radical (unpaired) electrons. The quantitative estimate of drug-likeness (QED) is 0.253. The van der Waals surface area contributed by atoms with Gasteiger partial charge in [0.1, 0.15) is 12.1 Å². The lowest BCUT2D eigenvalue weighted by atomic mass is 10.1. The first-order chi connectivity index (χ1) is 9.46. The van der Waals surface area contributed by atoms with Gasteiger partial charge in [-0.1, -0.05) is 0 Å². The second-order valence-corrected chi connectivity index (χ2v) is 4.67. The van der Waals surface area contributed by atoms with Gasteiger partial charge in [0.2, 0.25) is 11.8 Å². The van der Waals surface area contributed by atoms with E-state index in [0.717, 1.165) is 6.42 Å². The number of methoxy groups -OCH3 is 1. The lowest BCUT2D eigenvalue weighted by molar-refractivity contribution is -0.145. The molecule has 0 heterocycles. The summed E-state index contributed by atoms with van der Waals surface area (Å²) >= 11 is 4.00. The zero-order chi connectivity index (χ0) is 15.5. The standard InChI is InChI=1S/C12H23N3O4S/c1-8(16)14-10(7-20)11(17)15-9(12(18)19-2)5-3-4-6-13/h9-10,20H,3-7,13H2,1-2H3,(H,14,16)(H,15,17)/t9-,10-/m0/s1. The molecule has 4 N–H and O–H groups in total. The Morgan fingerprint density at radius 3 is 2.30 bits per heavy atom. The van der Waals surface area contributed by atoms with Gasteiger partial charge in [0.05, 0.1) is 7.11 Å². The zero-order valence-corrected chi connectivity index (χ0v) is 12.7. The van der Waals surface area contributed by atoms with E-state index < -0.39 is 24.0 Å². The van der Waals surface area contributed by atoms with Crippen molar-refractivity contribution in [3.8, 4) is 0 Å². The van der Waals surface area contributed by atoms with E-state index in [1.54, 1.807) is 0 Å². The first-order valence-corrected chi connectivity index (χ1v) is 7.05. The van der Waals surface area contributed by atoms with E-state index >= 15 is 0 Å². The summed E-state index contributed by atoms with van der Waals surface area (Å²) in [5.74, 6) is -1.17. The topological polar surface area (TPSA) is 111 Å². The predicted molar refractivity (Wildman–Crippen MR) is 78.3 cm³/mol. The second kappa shape index (κ2) is 10.5. The molecule has 0 bridgehead atoms. The predicted octanol–water partition coefficient (Wildman–Crippen LogP) is -0.792. The Kier molecular flexibility index (Phi) is 9.83. The maximum atomic E-state index is 12.0. The zero-order valence-electron chi connectivity index (χ0n) is 11.8. The number of unbranched alkanes of at least 4 members (excludes halogenated alkanes) is 1. The van der Waals surface area contributed by atoms with Crippen molar-refractivity contribution in [2.45, 2.75) is 38.3 Å². The van der Waals surface area contributed by atoms with Crippen LogP contribution in [0.3, 0.4) is 0 Å². The van der Waals surface area contributed by atoms with Crippen molar-refractivity contribution in [2.24, 2.45) is 5.73 Å². The molecule has 7 nitrogen and oxygen atoms in total. The Hall–Kier alpha value is -1.28.